The molecule has 106 valence electrons. The van der Waals surface area contributed by atoms with Crippen LogP contribution < -0.4 is 4.90 Å². The minimum absolute atomic E-state index is 0.308. The number of thiazole rings is 1. The first-order valence-electron chi connectivity index (χ1n) is 6.74. The molecule has 0 saturated heterocycles. The van der Waals surface area contributed by atoms with Crippen molar-refractivity contribution in [1.29, 1.82) is 0 Å². The van der Waals surface area contributed by atoms with Crippen molar-refractivity contribution in [3.05, 3.63) is 60.7 Å². The topological polar surface area (TPSA) is 50.3 Å². The standard InChI is InChI=1S/C17H10N2O2S/c20-15-9-10-16(21)19(15)12-7-5-11(6-8-12)17-18-13-3-1-2-4-14(13)22-17/h1-10H. The zero-order chi connectivity index (χ0) is 15.1. The Kier molecular flexibility index (Phi) is 2.87. The lowest BCUT2D eigenvalue weighted by atomic mass is 10.2. The number of hydrogen-bond acceptors (Lipinski definition) is 4. The van der Waals surface area contributed by atoms with Gasteiger partial charge in [0.1, 0.15) is 5.01 Å². The van der Waals surface area contributed by atoms with Gasteiger partial charge in [-0.15, -0.1) is 11.3 Å². The molecular weight excluding hydrogens is 296 g/mol. The van der Waals surface area contributed by atoms with Gasteiger partial charge in [0.15, 0.2) is 0 Å². The fraction of sp³-hybridized carbons (Fsp3) is 0. The van der Waals surface area contributed by atoms with Gasteiger partial charge in [-0.05, 0) is 36.4 Å². The van der Waals surface area contributed by atoms with E-state index in [0.717, 1.165) is 25.7 Å². The Morgan fingerprint density at radius 3 is 2.23 bits per heavy atom. The smallest absolute Gasteiger partial charge is 0.258 e. The number of hydrogen-bond donors (Lipinski definition) is 0. The van der Waals surface area contributed by atoms with Crippen molar-refractivity contribution in [2.45, 2.75) is 0 Å². The van der Waals surface area contributed by atoms with Crippen LogP contribution in [0.2, 0.25) is 0 Å². The second kappa shape index (κ2) is 4.89. The number of carbonyl (C=O) groups is 2. The number of carbonyl (C=O) groups excluding carboxylic acids is 2. The number of fused-ring (bicyclic) bond motifs is 1. The van der Waals surface area contributed by atoms with Crippen LogP contribution >= 0.6 is 11.3 Å². The first-order valence-corrected chi connectivity index (χ1v) is 7.56. The van der Waals surface area contributed by atoms with Gasteiger partial charge < -0.3 is 0 Å². The van der Waals surface area contributed by atoms with E-state index in [2.05, 4.69) is 4.98 Å². The Morgan fingerprint density at radius 1 is 0.864 bits per heavy atom. The zero-order valence-electron chi connectivity index (χ0n) is 11.4. The predicted octanol–water partition coefficient (Wildman–Crippen LogP) is 3.39. The SMILES string of the molecule is O=C1C=CC(=O)N1c1ccc(-c2nc3ccccc3s2)cc1. The van der Waals surface area contributed by atoms with E-state index in [9.17, 15) is 9.59 Å². The average Bonchev–Trinajstić information content (AvgIpc) is 3.11. The maximum Gasteiger partial charge on any atom is 0.258 e. The van der Waals surface area contributed by atoms with Crippen molar-refractivity contribution in [1.82, 2.24) is 4.98 Å². The molecule has 1 aliphatic heterocycles. The van der Waals surface area contributed by atoms with Gasteiger partial charge in [0.05, 0.1) is 15.9 Å². The van der Waals surface area contributed by atoms with Gasteiger partial charge in [-0.2, -0.15) is 0 Å². The number of amides is 2. The molecule has 0 spiro atoms. The molecule has 0 saturated carbocycles. The van der Waals surface area contributed by atoms with Crippen LogP contribution in [-0.2, 0) is 9.59 Å². The van der Waals surface area contributed by atoms with Crippen LogP contribution in [0.5, 0.6) is 0 Å². The first-order chi connectivity index (χ1) is 10.7. The molecule has 0 aliphatic carbocycles. The molecule has 0 radical (unpaired) electrons. The Labute approximate surface area is 130 Å². The fourth-order valence-electron chi connectivity index (χ4n) is 2.40. The zero-order valence-corrected chi connectivity index (χ0v) is 12.2. The summed E-state index contributed by atoms with van der Waals surface area (Å²) >= 11 is 1.62. The fourth-order valence-corrected chi connectivity index (χ4v) is 3.37. The summed E-state index contributed by atoms with van der Waals surface area (Å²) in [4.78, 5) is 29.1. The number of imide groups is 1. The van der Waals surface area contributed by atoms with Crippen molar-refractivity contribution in [3.63, 3.8) is 0 Å². The van der Waals surface area contributed by atoms with Crippen molar-refractivity contribution >= 4 is 39.1 Å². The van der Waals surface area contributed by atoms with E-state index in [4.69, 9.17) is 0 Å². The van der Waals surface area contributed by atoms with Crippen molar-refractivity contribution in [2.75, 3.05) is 4.90 Å². The Bertz CT molecular complexity index is 874. The Balaban J connectivity index is 1.70. The van der Waals surface area contributed by atoms with Crippen molar-refractivity contribution in [2.24, 2.45) is 0 Å². The summed E-state index contributed by atoms with van der Waals surface area (Å²) in [5, 5.41) is 0.921. The van der Waals surface area contributed by atoms with Gasteiger partial charge in [0, 0.05) is 17.7 Å². The number of anilines is 1. The monoisotopic (exact) mass is 306 g/mol. The van der Waals surface area contributed by atoms with Crippen LogP contribution in [0.25, 0.3) is 20.8 Å². The minimum atomic E-state index is -0.308. The van der Waals surface area contributed by atoms with Crippen LogP contribution in [-0.4, -0.2) is 16.8 Å². The van der Waals surface area contributed by atoms with Gasteiger partial charge in [-0.3, -0.25) is 9.59 Å². The lowest BCUT2D eigenvalue weighted by Gasteiger charge is -2.13. The molecule has 4 nitrogen and oxygen atoms in total. The largest absolute Gasteiger partial charge is 0.269 e. The van der Waals surface area contributed by atoms with Crippen LogP contribution in [0.15, 0.2) is 60.7 Å². The van der Waals surface area contributed by atoms with Crippen LogP contribution in [0.4, 0.5) is 5.69 Å². The average molecular weight is 306 g/mol. The molecule has 0 bridgehead atoms. The normalized spacial score (nSPS) is 14.3. The number of nitrogens with zero attached hydrogens (tertiary/aromatic N) is 2. The molecule has 22 heavy (non-hydrogen) atoms. The molecule has 5 heteroatoms. The van der Waals surface area contributed by atoms with Crippen LogP contribution in [0.3, 0.4) is 0 Å². The molecule has 1 aliphatic rings. The number of para-hydroxylation sites is 1. The Hall–Kier alpha value is -2.79. The second-order valence-corrected chi connectivity index (χ2v) is 5.91. The molecule has 3 aromatic rings. The van der Waals surface area contributed by atoms with E-state index >= 15 is 0 Å². The van der Waals surface area contributed by atoms with Crippen molar-refractivity contribution < 1.29 is 9.59 Å². The summed E-state index contributed by atoms with van der Waals surface area (Å²) in [5.74, 6) is -0.615. The molecule has 2 amide bonds. The van der Waals surface area contributed by atoms with Gasteiger partial charge in [-0.25, -0.2) is 9.88 Å². The van der Waals surface area contributed by atoms with Crippen molar-refractivity contribution in [3.8, 4) is 10.6 Å². The van der Waals surface area contributed by atoms with E-state index in [1.807, 2.05) is 36.4 Å². The van der Waals surface area contributed by atoms with Crippen LogP contribution in [0.1, 0.15) is 0 Å². The maximum absolute atomic E-state index is 11.7. The van der Waals surface area contributed by atoms with Gasteiger partial charge in [0.25, 0.3) is 11.8 Å². The van der Waals surface area contributed by atoms with Gasteiger partial charge in [-0.1, -0.05) is 12.1 Å². The van der Waals surface area contributed by atoms with E-state index in [0.29, 0.717) is 5.69 Å². The summed E-state index contributed by atoms with van der Waals surface area (Å²) in [7, 11) is 0. The van der Waals surface area contributed by atoms with Gasteiger partial charge in [0.2, 0.25) is 0 Å². The molecule has 0 fully saturated rings. The Morgan fingerprint density at radius 2 is 1.55 bits per heavy atom. The molecule has 2 aromatic carbocycles. The highest BCUT2D eigenvalue weighted by Gasteiger charge is 2.24. The summed E-state index contributed by atoms with van der Waals surface area (Å²) in [6.45, 7) is 0. The third-order valence-corrected chi connectivity index (χ3v) is 4.56. The molecule has 0 N–H and O–H groups in total. The van der Waals surface area contributed by atoms with Crippen LogP contribution in [0, 0.1) is 0 Å². The summed E-state index contributed by atoms with van der Waals surface area (Å²) in [6.07, 6.45) is 2.56. The highest BCUT2D eigenvalue weighted by molar-refractivity contribution is 7.21. The maximum atomic E-state index is 11.7. The molecule has 4 rings (SSSR count). The summed E-state index contributed by atoms with van der Waals surface area (Å²) in [5.41, 5.74) is 2.52. The number of aromatic nitrogens is 1. The molecule has 1 aromatic heterocycles. The molecule has 0 atom stereocenters. The quantitative estimate of drug-likeness (QED) is 0.682. The lowest BCUT2D eigenvalue weighted by molar-refractivity contribution is -0.119. The van der Waals surface area contributed by atoms with Gasteiger partial charge >= 0.3 is 0 Å². The molecular formula is C17H10N2O2S. The molecule has 0 unspecified atom stereocenters. The minimum Gasteiger partial charge on any atom is -0.269 e. The first kappa shape index (κ1) is 12.9. The third kappa shape index (κ3) is 2.03. The number of rotatable bonds is 2. The second-order valence-electron chi connectivity index (χ2n) is 4.88. The molecule has 2 heterocycles. The highest BCUT2D eigenvalue weighted by Crippen LogP contribution is 2.31. The van der Waals surface area contributed by atoms with E-state index in [1.165, 1.54) is 12.2 Å². The highest BCUT2D eigenvalue weighted by atomic mass is 32.1. The predicted molar refractivity (Wildman–Crippen MR) is 86.7 cm³/mol. The number of benzene rings is 2. The summed E-state index contributed by atoms with van der Waals surface area (Å²) < 4.78 is 1.13. The lowest BCUT2D eigenvalue weighted by Crippen LogP contribution is -2.29. The van der Waals surface area contributed by atoms with E-state index < -0.39 is 0 Å². The van der Waals surface area contributed by atoms with E-state index in [1.54, 1.807) is 23.5 Å². The third-order valence-electron chi connectivity index (χ3n) is 3.48. The van der Waals surface area contributed by atoms with E-state index in [-0.39, 0.29) is 11.8 Å². The summed E-state index contributed by atoms with van der Waals surface area (Å²) in [6, 6.07) is 15.3.